The maximum atomic E-state index is 12.1. The van der Waals surface area contributed by atoms with Gasteiger partial charge in [0.05, 0.1) is 0 Å². The molecule has 0 bridgehead atoms. The minimum Gasteiger partial charge on any atom is -0.503 e. The van der Waals surface area contributed by atoms with Crippen LogP contribution >= 0.6 is 0 Å². The fourth-order valence-corrected chi connectivity index (χ4v) is 3.64. The van der Waals surface area contributed by atoms with Gasteiger partial charge >= 0.3 is 0 Å². The summed E-state index contributed by atoms with van der Waals surface area (Å²) in [5.41, 5.74) is -1.37. The van der Waals surface area contributed by atoms with E-state index < -0.39 is 16.7 Å². The van der Waals surface area contributed by atoms with Crippen molar-refractivity contribution in [2.75, 3.05) is 39.8 Å². The number of nitrogens with zero attached hydrogens (tertiary/aromatic N) is 5. The van der Waals surface area contributed by atoms with E-state index in [2.05, 4.69) is 4.90 Å². The Kier molecular flexibility index (Phi) is 8.87. The van der Waals surface area contributed by atoms with E-state index in [1.54, 1.807) is 36.8 Å². The van der Waals surface area contributed by atoms with E-state index in [4.69, 9.17) is 0 Å². The maximum absolute atomic E-state index is 12.1. The monoisotopic (exact) mass is 485 g/mol. The van der Waals surface area contributed by atoms with Crippen molar-refractivity contribution < 1.29 is 15.3 Å². The van der Waals surface area contributed by atoms with Gasteiger partial charge in [-0.25, -0.2) is 0 Å². The lowest BCUT2D eigenvalue weighted by Gasteiger charge is -2.26. The predicted octanol–water partition coefficient (Wildman–Crippen LogP) is -0.0773. The summed E-state index contributed by atoms with van der Waals surface area (Å²) < 4.78 is 4.31. The second kappa shape index (κ2) is 12.0. The number of hydrogen-bond donors (Lipinski definition) is 3. The highest BCUT2D eigenvalue weighted by Crippen LogP contribution is 2.02. The highest BCUT2D eigenvalue weighted by atomic mass is 16.3. The molecule has 188 valence electrons. The second-order valence-electron chi connectivity index (χ2n) is 8.32. The Morgan fingerprint density at radius 1 is 0.600 bits per heavy atom. The molecule has 0 unspecified atom stereocenters. The molecule has 0 fully saturated rings. The van der Waals surface area contributed by atoms with Crippen molar-refractivity contribution in [3.05, 3.63) is 86.1 Å². The van der Waals surface area contributed by atoms with Gasteiger partial charge in [-0.15, -0.1) is 0 Å². The van der Waals surface area contributed by atoms with Crippen LogP contribution in [-0.4, -0.2) is 78.6 Å². The normalized spacial score (nSPS) is 11.4. The summed E-state index contributed by atoms with van der Waals surface area (Å²) in [6.07, 6.45) is 4.85. The molecule has 0 aliphatic heterocycles. The SMILES string of the molecule is CN(CCN(CCn1cccc(O)c1=O)CCn1cccc(O)c1=O)CCn1cccc(O)c1=O. The number of aromatic nitrogens is 3. The third-order valence-electron chi connectivity index (χ3n) is 5.84. The van der Waals surface area contributed by atoms with E-state index >= 15 is 0 Å². The lowest BCUT2D eigenvalue weighted by Crippen LogP contribution is -2.40. The summed E-state index contributed by atoms with van der Waals surface area (Å²) in [6, 6.07) is 8.87. The number of aromatic hydroxyl groups is 3. The van der Waals surface area contributed by atoms with E-state index in [1.807, 2.05) is 11.9 Å². The van der Waals surface area contributed by atoms with Crippen LogP contribution in [0.25, 0.3) is 0 Å². The molecule has 3 aromatic rings. The summed E-state index contributed by atoms with van der Waals surface area (Å²) in [5, 5.41) is 29.0. The van der Waals surface area contributed by atoms with Gasteiger partial charge in [0.15, 0.2) is 17.2 Å². The molecular formula is C24H31N5O6. The Labute approximate surface area is 202 Å². The van der Waals surface area contributed by atoms with E-state index in [-0.39, 0.29) is 17.2 Å². The first-order chi connectivity index (χ1) is 16.8. The van der Waals surface area contributed by atoms with Gasteiger partial charge in [-0.05, 0) is 43.4 Å². The van der Waals surface area contributed by atoms with Crippen LogP contribution in [0.3, 0.4) is 0 Å². The average molecular weight is 486 g/mol. The fraction of sp³-hybridized carbons (Fsp3) is 0.375. The molecular weight excluding hydrogens is 454 g/mol. The third-order valence-corrected chi connectivity index (χ3v) is 5.84. The highest BCUT2D eigenvalue weighted by molar-refractivity contribution is 5.16. The quantitative estimate of drug-likeness (QED) is 0.325. The zero-order valence-corrected chi connectivity index (χ0v) is 19.7. The van der Waals surface area contributed by atoms with Gasteiger partial charge in [0.25, 0.3) is 16.7 Å². The molecule has 11 heteroatoms. The van der Waals surface area contributed by atoms with Crippen LogP contribution in [0, 0.1) is 0 Å². The third kappa shape index (κ3) is 7.08. The first-order valence-electron chi connectivity index (χ1n) is 11.3. The molecule has 35 heavy (non-hydrogen) atoms. The van der Waals surface area contributed by atoms with Crippen LogP contribution in [0.5, 0.6) is 17.2 Å². The van der Waals surface area contributed by atoms with Crippen molar-refractivity contribution in [2.45, 2.75) is 19.6 Å². The van der Waals surface area contributed by atoms with Gasteiger partial charge in [0, 0.05) is 70.9 Å². The molecule has 11 nitrogen and oxygen atoms in total. The second-order valence-corrected chi connectivity index (χ2v) is 8.32. The van der Waals surface area contributed by atoms with Crippen LogP contribution in [-0.2, 0) is 19.6 Å². The molecule has 0 aliphatic carbocycles. The van der Waals surface area contributed by atoms with Crippen LogP contribution in [0.15, 0.2) is 69.4 Å². The summed E-state index contributed by atoms with van der Waals surface area (Å²) in [7, 11) is 1.92. The maximum Gasteiger partial charge on any atom is 0.292 e. The van der Waals surface area contributed by atoms with E-state index in [0.29, 0.717) is 52.4 Å². The van der Waals surface area contributed by atoms with Crippen molar-refractivity contribution in [3.8, 4) is 17.2 Å². The molecule has 3 N–H and O–H groups in total. The Bertz CT molecular complexity index is 1230. The number of likely N-dealkylation sites (N-methyl/N-ethyl adjacent to an activating group) is 1. The van der Waals surface area contributed by atoms with Crippen molar-refractivity contribution in [3.63, 3.8) is 0 Å². The van der Waals surface area contributed by atoms with Crippen molar-refractivity contribution in [1.82, 2.24) is 23.5 Å². The summed E-state index contributed by atoms with van der Waals surface area (Å²) in [6.45, 7) is 3.96. The lowest BCUT2D eigenvalue weighted by molar-refractivity contribution is 0.207. The van der Waals surface area contributed by atoms with Gasteiger partial charge in [-0.1, -0.05) is 0 Å². The Morgan fingerprint density at radius 3 is 1.37 bits per heavy atom. The molecule has 0 saturated heterocycles. The molecule has 3 rings (SSSR count). The Balaban J connectivity index is 1.62. The van der Waals surface area contributed by atoms with E-state index in [0.717, 1.165) is 0 Å². The van der Waals surface area contributed by atoms with Crippen LogP contribution in [0.2, 0.25) is 0 Å². The zero-order chi connectivity index (χ0) is 25.4. The van der Waals surface area contributed by atoms with Crippen LogP contribution in [0.4, 0.5) is 0 Å². The van der Waals surface area contributed by atoms with Gasteiger partial charge in [0.2, 0.25) is 0 Å². The van der Waals surface area contributed by atoms with Gasteiger partial charge in [-0.2, -0.15) is 0 Å². The van der Waals surface area contributed by atoms with Crippen molar-refractivity contribution >= 4 is 0 Å². The lowest BCUT2D eigenvalue weighted by atomic mass is 10.3. The van der Waals surface area contributed by atoms with Crippen molar-refractivity contribution in [1.29, 1.82) is 0 Å². The average Bonchev–Trinajstić information content (AvgIpc) is 2.84. The largest absolute Gasteiger partial charge is 0.503 e. The smallest absolute Gasteiger partial charge is 0.292 e. The topological polar surface area (TPSA) is 133 Å². The molecule has 0 spiro atoms. The van der Waals surface area contributed by atoms with Gasteiger partial charge < -0.3 is 33.9 Å². The minimum atomic E-state index is -0.467. The predicted molar refractivity (Wildman–Crippen MR) is 131 cm³/mol. The molecule has 0 saturated carbocycles. The first kappa shape index (κ1) is 25.8. The molecule has 0 radical (unpaired) electrons. The molecule has 0 aromatic carbocycles. The molecule has 0 amide bonds. The van der Waals surface area contributed by atoms with Crippen LogP contribution < -0.4 is 16.7 Å². The summed E-state index contributed by atoms with van der Waals surface area (Å²) >= 11 is 0. The fourth-order valence-electron chi connectivity index (χ4n) is 3.64. The molecule has 3 heterocycles. The number of pyridine rings is 3. The standard InChI is InChI=1S/C24H31N5O6/c1-25(12-16-27-8-2-5-19(30)22(27)33)11-13-26(14-17-28-9-3-6-20(31)23(28)34)15-18-29-10-4-7-21(32)24(29)35/h2-10,30-32H,11-18H2,1H3. The van der Waals surface area contributed by atoms with E-state index in [1.165, 1.54) is 31.9 Å². The molecule has 0 atom stereocenters. The summed E-state index contributed by atoms with van der Waals surface area (Å²) in [4.78, 5) is 40.4. The molecule has 0 aliphatic rings. The summed E-state index contributed by atoms with van der Waals surface area (Å²) in [5.74, 6) is -0.912. The minimum absolute atomic E-state index is 0.286. The zero-order valence-electron chi connectivity index (χ0n) is 19.7. The van der Waals surface area contributed by atoms with Crippen molar-refractivity contribution in [2.24, 2.45) is 0 Å². The highest BCUT2D eigenvalue weighted by Gasteiger charge is 2.11. The van der Waals surface area contributed by atoms with Crippen LogP contribution in [0.1, 0.15) is 0 Å². The van der Waals surface area contributed by atoms with E-state index in [9.17, 15) is 29.7 Å². The number of hydrogen-bond acceptors (Lipinski definition) is 8. The first-order valence-corrected chi connectivity index (χ1v) is 11.3. The number of rotatable bonds is 12. The molecule has 3 aromatic heterocycles. The Hall–Kier alpha value is -3.83. The Morgan fingerprint density at radius 2 is 0.971 bits per heavy atom. The van der Waals surface area contributed by atoms with Gasteiger partial charge in [0.1, 0.15) is 0 Å². The van der Waals surface area contributed by atoms with Gasteiger partial charge in [-0.3, -0.25) is 19.3 Å².